The molecule has 1 fully saturated rings. The summed E-state index contributed by atoms with van der Waals surface area (Å²) in [6.07, 6.45) is -0.479. The Morgan fingerprint density at radius 2 is 2.12 bits per heavy atom. The third-order valence-electron chi connectivity index (χ3n) is 5.68. The fourth-order valence-electron chi connectivity index (χ4n) is 4.01. The van der Waals surface area contributed by atoms with Gasteiger partial charge in [-0.15, -0.1) is 0 Å². The van der Waals surface area contributed by atoms with Crippen molar-refractivity contribution >= 4 is 23.6 Å². The number of hydrogen-bond acceptors (Lipinski definition) is 7. The highest BCUT2D eigenvalue weighted by Crippen LogP contribution is 2.34. The molecular formula is C22H26F2N6O4. The highest BCUT2D eigenvalue weighted by atomic mass is 19.1. The molecule has 4 rings (SSSR count). The zero-order valence-electron chi connectivity index (χ0n) is 18.9. The average Bonchev–Trinajstić information content (AvgIpc) is 3.26. The molecule has 2 aromatic rings. The van der Waals surface area contributed by atoms with Crippen molar-refractivity contribution in [3.05, 3.63) is 35.3 Å². The summed E-state index contributed by atoms with van der Waals surface area (Å²) in [5.74, 6) is 0.173. The lowest BCUT2D eigenvalue weighted by Crippen LogP contribution is -2.44. The maximum absolute atomic E-state index is 15.1. The van der Waals surface area contributed by atoms with Crippen molar-refractivity contribution in [3.63, 3.8) is 0 Å². The van der Waals surface area contributed by atoms with Gasteiger partial charge in [0.25, 0.3) is 0 Å². The minimum atomic E-state index is -0.701. The minimum Gasteiger partial charge on any atom is -0.453 e. The van der Waals surface area contributed by atoms with Crippen LogP contribution < -0.4 is 15.5 Å². The zero-order chi connectivity index (χ0) is 24.2. The highest BCUT2D eigenvalue weighted by molar-refractivity contribution is 5.89. The van der Waals surface area contributed by atoms with Gasteiger partial charge in [-0.25, -0.2) is 28.3 Å². The molecule has 0 aliphatic carbocycles. The van der Waals surface area contributed by atoms with Crippen LogP contribution in [0.2, 0.25) is 0 Å². The largest absolute Gasteiger partial charge is 0.453 e. The number of fused-ring (bicyclic) bond motifs is 1. The first-order valence-corrected chi connectivity index (χ1v) is 10.9. The van der Waals surface area contributed by atoms with Crippen LogP contribution in [0, 0.1) is 5.82 Å². The third-order valence-corrected chi connectivity index (χ3v) is 5.68. The Kier molecular flexibility index (Phi) is 7.06. The van der Waals surface area contributed by atoms with E-state index in [0.29, 0.717) is 37.8 Å². The van der Waals surface area contributed by atoms with Crippen LogP contribution in [0.15, 0.2) is 18.2 Å². The smallest absolute Gasteiger partial charge is 0.410 e. The van der Waals surface area contributed by atoms with E-state index in [4.69, 9.17) is 14.5 Å². The predicted octanol–water partition coefficient (Wildman–Crippen LogP) is 2.68. The molecule has 2 aliphatic rings. The SMILES string of the molecule is COC(=O)N1Cc2nc(-c3ccc(NC(=O)NCCF)cc3F)nc(N3CCOC[C@@H]3C)c2C1. The summed E-state index contributed by atoms with van der Waals surface area (Å²) in [6, 6.07) is 3.54. The summed E-state index contributed by atoms with van der Waals surface area (Å²) < 4.78 is 37.7. The number of morpholine rings is 1. The van der Waals surface area contributed by atoms with Gasteiger partial charge >= 0.3 is 12.1 Å². The molecule has 3 amide bonds. The number of carbonyl (C=O) groups is 2. The average molecular weight is 476 g/mol. The maximum atomic E-state index is 15.1. The van der Waals surface area contributed by atoms with Crippen molar-refractivity contribution in [3.8, 4) is 11.4 Å². The van der Waals surface area contributed by atoms with Crippen LogP contribution in [0.25, 0.3) is 11.4 Å². The fraction of sp³-hybridized carbons (Fsp3) is 0.455. The molecule has 34 heavy (non-hydrogen) atoms. The standard InChI is InChI=1S/C22H26F2N6O4/c1-13-12-34-8-7-30(13)20-16-10-29(22(32)33-2)11-18(16)27-19(28-20)15-4-3-14(9-17(15)24)26-21(31)25-6-5-23/h3-4,9,13H,5-8,10-12H2,1-2H3,(H2,25,26,31)/t13-/m0/s1. The quantitative estimate of drug-likeness (QED) is 0.683. The number of aromatic nitrogens is 2. The lowest BCUT2D eigenvalue weighted by Gasteiger charge is -2.35. The predicted molar refractivity (Wildman–Crippen MR) is 120 cm³/mol. The van der Waals surface area contributed by atoms with Crippen molar-refractivity contribution < 1.29 is 27.8 Å². The lowest BCUT2D eigenvalue weighted by molar-refractivity contribution is 0.0983. The number of methoxy groups -OCH3 is 1. The van der Waals surface area contributed by atoms with Crippen molar-refractivity contribution in [1.82, 2.24) is 20.2 Å². The first kappa shape index (κ1) is 23.6. The molecule has 1 atom stereocenters. The number of anilines is 2. The summed E-state index contributed by atoms with van der Waals surface area (Å²) in [5.41, 5.74) is 1.77. The summed E-state index contributed by atoms with van der Waals surface area (Å²) in [4.78, 5) is 36.7. The monoisotopic (exact) mass is 476 g/mol. The summed E-state index contributed by atoms with van der Waals surface area (Å²) in [5, 5.41) is 4.76. The van der Waals surface area contributed by atoms with E-state index in [1.165, 1.54) is 24.1 Å². The molecule has 0 bridgehead atoms. The second-order valence-electron chi connectivity index (χ2n) is 8.00. The van der Waals surface area contributed by atoms with E-state index in [0.717, 1.165) is 11.6 Å². The van der Waals surface area contributed by atoms with Gasteiger partial charge in [0, 0.05) is 24.3 Å². The number of amides is 3. The van der Waals surface area contributed by atoms with Gasteiger partial charge in [-0.05, 0) is 25.1 Å². The van der Waals surface area contributed by atoms with E-state index >= 15 is 4.39 Å². The first-order valence-electron chi connectivity index (χ1n) is 10.9. The summed E-state index contributed by atoms with van der Waals surface area (Å²) in [7, 11) is 1.32. The van der Waals surface area contributed by atoms with Crippen molar-refractivity contribution in [2.45, 2.75) is 26.1 Å². The number of carbonyl (C=O) groups excluding carboxylic acids is 2. The molecule has 0 saturated carbocycles. The highest BCUT2D eigenvalue weighted by Gasteiger charge is 2.33. The van der Waals surface area contributed by atoms with E-state index in [1.54, 1.807) is 0 Å². The zero-order valence-corrected chi connectivity index (χ0v) is 18.9. The molecule has 0 spiro atoms. The second kappa shape index (κ2) is 10.2. The van der Waals surface area contributed by atoms with Crippen molar-refractivity contribution in [2.75, 3.05) is 50.3 Å². The van der Waals surface area contributed by atoms with Gasteiger partial charge in [0.1, 0.15) is 18.3 Å². The molecule has 2 N–H and O–H groups in total. The Bertz CT molecular complexity index is 1090. The van der Waals surface area contributed by atoms with Crippen LogP contribution in [0.4, 0.5) is 29.9 Å². The van der Waals surface area contributed by atoms with Crippen LogP contribution in [0.3, 0.4) is 0 Å². The summed E-state index contributed by atoms with van der Waals surface area (Å²) >= 11 is 0. The maximum Gasteiger partial charge on any atom is 0.410 e. The molecule has 10 nitrogen and oxygen atoms in total. The molecule has 1 aromatic carbocycles. The van der Waals surface area contributed by atoms with Gasteiger partial charge in [0.2, 0.25) is 0 Å². The van der Waals surface area contributed by atoms with E-state index in [2.05, 4.69) is 20.5 Å². The number of nitrogens with zero attached hydrogens (tertiary/aromatic N) is 4. The third kappa shape index (κ3) is 4.86. The number of benzene rings is 1. The van der Waals surface area contributed by atoms with Crippen molar-refractivity contribution in [1.29, 1.82) is 0 Å². The van der Waals surface area contributed by atoms with Gasteiger partial charge in [0.15, 0.2) is 5.82 Å². The molecule has 0 radical (unpaired) electrons. The first-order chi connectivity index (χ1) is 16.4. The second-order valence-corrected chi connectivity index (χ2v) is 8.00. The molecule has 182 valence electrons. The van der Waals surface area contributed by atoms with Gasteiger partial charge in [-0.2, -0.15) is 0 Å². The molecule has 12 heteroatoms. The lowest BCUT2D eigenvalue weighted by atomic mass is 10.1. The number of halogens is 2. The Labute approximate surface area is 195 Å². The van der Waals surface area contributed by atoms with Crippen LogP contribution in [0.1, 0.15) is 18.2 Å². The van der Waals surface area contributed by atoms with Crippen LogP contribution in [-0.4, -0.2) is 73.1 Å². The van der Waals surface area contributed by atoms with E-state index in [-0.39, 0.29) is 36.2 Å². The number of urea groups is 1. The van der Waals surface area contributed by atoms with Gasteiger partial charge in [-0.1, -0.05) is 0 Å². The minimum absolute atomic E-state index is 0.0343. The normalized spacial score (nSPS) is 17.4. The Morgan fingerprint density at radius 1 is 1.29 bits per heavy atom. The summed E-state index contributed by atoms with van der Waals surface area (Å²) in [6.45, 7) is 3.33. The number of ether oxygens (including phenoxy) is 2. The molecule has 2 aliphatic heterocycles. The van der Waals surface area contributed by atoms with Gasteiger partial charge in [0.05, 0.1) is 50.7 Å². The van der Waals surface area contributed by atoms with E-state index < -0.39 is 24.6 Å². The molecular weight excluding hydrogens is 450 g/mol. The number of nitrogens with one attached hydrogen (secondary N) is 2. The molecule has 1 saturated heterocycles. The van der Waals surface area contributed by atoms with E-state index in [9.17, 15) is 14.0 Å². The fourth-order valence-corrected chi connectivity index (χ4v) is 4.01. The van der Waals surface area contributed by atoms with Crippen LogP contribution >= 0.6 is 0 Å². The van der Waals surface area contributed by atoms with Gasteiger partial charge in [-0.3, -0.25) is 4.90 Å². The topological polar surface area (TPSA) is 109 Å². The van der Waals surface area contributed by atoms with Crippen LogP contribution in [0.5, 0.6) is 0 Å². The molecule has 0 unspecified atom stereocenters. The molecule has 3 heterocycles. The molecule has 1 aromatic heterocycles. The van der Waals surface area contributed by atoms with Crippen molar-refractivity contribution in [2.24, 2.45) is 0 Å². The Balaban J connectivity index is 1.68. The number of rotatable bonds is 5. The van der Waals surface area contributed by atoms with Gasteiger partial charge < -0.3 is 25.0 Å². The Hall–Kier alpha value is -3.54. The van der Waals surface area contributed by atoms with E-state index in [1.807, 2.05) is 6.92 Å². The Morgan fingerprint density at radius 3 is 2.82 bits per heavy atom. The number of alkyl halides is 1. The van der Waals surface area contributed by atoms with Crippen LogP contribution in [-0.2, 0) is 22.6 Å². The number of hydrogen-bond donors (Lipinski definition) is 2.